The second-order valence-corrected chi connectivity index (χ2v) is 5.52. The van der Waals surface area contributed by atoms with Crippen LogP contribution >= 0.6 is 0 Å². The molecule has 2 N–H and O–H groups in total. The third-order valence-corrected chi connectivity index (χ3v) is 4.23. The van der Waals surface area contributed by atoms with Crippen LogP contribution in [0, 0.1) is 12.8 Å². The lowest BCUT2D eigenvalue weighted by molar-refractivity contribution is 0.106. The van der Waals surface area contributed by atoms with Gasteiger partial charge in [-0.1, -0.05) is 19.1 Å². The first-order valence-electron chi connectivity index (χ1n) is 6.67. The first-order valence-corrected chi connectivity index (χ1v) is 6.67. The van der Waals surface area contributed by atoms with Crippen molar-refractivity contribution in [2.24, 2.45) is 5.92 Å². The second-order valence-electron chi connectivity index (χ2n) is 5.52. The number of benzene rings is 1. The van der Waals surface area contributed by atoms with Gasteiger partial charge in [0.2, 0.25) is 0 Å². The van der Waals surface area contributed by atoms with Crippen molar-refractivity contribution in [3.63, 3.8) is 0 Å². The molecule has 2 unspecified atom stereocenters. The van der Waals surface area contributed by atoms with Gasteiger partial charge in [0.15, 0.2) is 0 Å². The Morgan fingerprint density at radius 1 is 1.35 bits per heavy atom. The molecule has 2 rings (SSSR count). The summed E-state index contributed by atoms with van der Waals surface area (Å²) in [6.07, 6.45) is 2.69. The van der Waals surface area contributed by atoms with Crippen LogP contribution in [0.5, 0.6) is 0 Å². The molecule has 0 bridgehead atoms. The monoisotopic (exact) mass is 232 g/mol. The molecule has 0 spiro atoms. The lowest BCUT2D eigenvalue weighted by atomic mass is 9.91. The summed E-state index contributed by atoms with van der Waals surface area (Å²) in [5.41, 5.74) is 9.40. The summed E-state index contributed by atoms with van der Waals surface area (Å²) in [7, 11) is 0. The van der Waals surface area contributed by atoms with Gasteiger partial charge in [0.05, 0.1) is 0 Å². The predicted octanol–water partition coefficient (Wildman–Crippen LogP) is 3.20. The molecule has 0 aliphatic carbocycles. The van der Waals surface area contributed by atoms with Crippen LogP contribution in [0.25, 0.3) is 0 Å². The van der Waals surface area contributed by atoms with Crippen LogP contribution in [-0.4, -0.2) is 17.5 Å². The van der Waals surface area contributed by atoms with E-state index in [1.165, 1.54) is 30.5 Å². The van der Waals surface area contributed by atoms with Gasteiger partial charge < -0.3 is 5.73 Å². The third-order valence-electron chi connectivity index (χ3n) is 4.23. The Hall–Kier alpha value is -1.02. The molecule has 1 aromatic carbocycles. The Balaban J connectivity index is 2.07. The Morgan fingerprint density at radius 2 is 2.12 bits per heavy atom. The van der Waals surface area contributed by atoms with Crippen molar-refractivity contribution < 1.29 is 0 Å². The maximum Gasteiger partial charge on any atom is 0.0346 e. The zero-order valence-electron chi connectivity index (χ0n) is 11.2. The quantitative estimate of drug-likeness (QED) is 0.793. The van der Waals surface area contributed by atoms with Gasteiger partial charge in [-0.2, -0.15) is 0 Å². The van der Waals surface area contributed by atoms with Crippen molar-refractivity contribution >= 4 is 5.69 Å². The number of piperidine rings is 1. The molecule has 2 atom stereocenters. The van der Waals surface area contributed by atoms with E-state index in [4.69, 9.17) is 5.73 Å². The fourth-order valence-corrected chi connectivity index (χ4v) is 2.67. The maximum absolute atomic E-state index is 5.97. The van der Waals surface area contributed by atoms with E-state index in [1.807, 2.05) is 0 Å². The number of nitrogens with zero attached hydrogens (tertiary/aromatic N) is 1. The van der Waals surface area contributed by atoms with E-state index < -0.39 is 0 Å². The molecule has 1 heterocycles. The van der Waals surface area contributed by atoms with E-state index >= 15 is 0 Å². The van der Waals surface area contributed by atoms with Crippen molar-refractivity contribution in [2.45, 2.75) is 46.2 Å². The third kappa shape index (κ3) is 2.81. The Kier molecular flexibility index (Phi) is 3.72. The van der Waals surface area contributed by atoms with E-state index in [0.29, 0.717) is 6.04 Å². The fourth-order valence-electron chi connectivity index (χ4n) is 2.67. The highest BCUT2D eigenvalue weighted by molar-refractivity contribution is 5.48. The molecule has 94 valence electrons. The highest BCUT2D eigenvalue weighted by atomic mass is 15.2. The van der Waals surface area contributed by atoms with Gasteiger partial charge in [-0.25, -0.2) is 0 Å². The van der Waals surface area contributed by atoms with E-state index in [9.17, 15) is 0 Å². The van der Waals surface area contributed by atoms with Gasteiger partial charge in [0.1, 0.15) is 0 Å². The second kappa shape index (κ2) is 5.09. The van der Waals surface area contributed by atoms with Gasteiger partial charge in [0, 0.05) is 18.3 Å². The molecule has 0 aromatic heterocycles. The van der Waals surface area contributed by atoms with E-state index in [-0.39, 0.29) is 0 Å². The highest BCUT2D eigenvalue weighted by Gasteiger charge is 2.24. The molecule has 0 radical (unpaired) electrons. The smallest absolute Gasteiger partial charge is 0.0346 e. The Labute approximate surface area is 105 Å². The molecule has 0 saturated carbocycles. The van der Waals surface area contributed by atoms with Crippen LogP contribution in [0.4, 0.5) is 5.69 Å². The average Bonchev–Trinajstić information content (AvgIpc) is 2.30. The topological polar surface area (TPSA) is 29.3 Å². The van der Waals surface area contributed by atoms with Crippen LogP contribution < -0.4 is 5.73 Å². The number of nitrogen functional groups attached to an aromatic ring is 1. The van der Waals surface area contributed by atoms with Gasteiger partial charge in [-0.05, 0) is 56.3 Å². The zero-order chi connectivity index (χ0) is 12.4. The highest BCUT2D eigenvalue weighted by Crippen LogP contribution is 2.25. The molecule has 1 aliphatic heterocycles. The standard InChI is InChI=1S/C15H24N2/c1-11-5-4-8-17(13(11)3)10-14-7-6-12(2)15(16)9-14/h6-7,9,11,13H,4-5,8,10,16H2,1-3H3. The molecule has 1 fully saturated rings. The van der Waals surface area contributed by atoms with Crippen molar-refractivity contribution in [2.75, 3.05) is 12.3 Å². The van der Waals surface area contributed by atoms with Gasteiger partial charge >= 0.3 is 0 Å². The fraction of sp³-hybridized carbons (Fsp3) is 0.600. The van der Waals surface area contributed by atoms with Crippen LogP contribution in [-0.2, 0) is 6.54 Å². The van der Waals surface area contributed by atoms with Gasteiger partial charge in [-0.3, -0.25) is 4.90 Å². The summed E-state index contributed by atoms with van der Waals surface area (Å²) in [6.45, 7) is 9.03. The SMILES string of the molecule is Cc1ccc(CN2CCCC(C)C2C)cc1N. The van der Waals surface area contributed by atoms with E-state index in [1.54, 1.807) is 0 Å². The normalized spacial score (nSPS) is 26.1. The summed E-state index contributed by atoms with van der Waals surface area (Å²) < 4.78 is 0. The summed E-state index contributed by atoms with van der Waals surface area (Å²) in [5, 5.41) is 0. The minimum atomic E-state index is 0.686. The lowest BCUT2D eigenvalue weighted by Gasteiger charge is -2.38. The predicted molar refractivity (Wildman–Crippen MR) is 73.9 cm³/mol. The molecular formula is C15H24N2. The van der Waals surface area contributed by atoms with Crippen LogP contribution in [0.2, 0.25) is 0 Å². The molecule has 0 amide bonds. The average molecular weight is 232 g/mol. The van der Waals surface area contributed by atoms with Crippen LogP contribution in [0.1, 0.15) is 37.8 Å². The van der Waals surface area contributed by atoms with Gasteiger partial charge in [0.25, 0.3) is 0 Å². The van der Waals surface area contributed by atoms with Crippen molar-refractivity contribution in [1.29, 1.82) is 0 Å². The van der Waals surface area contributed by atoms with Crippen LogP contribution in [0.15, 0.2) is 18.2 Å². The van der Waals surface area contributed by atoms with Crippen molar-refractivity contribution in [3.8, 4) is 0 Å². The number of hydrogen-bond acceptors (Lipinski definition) is 2. The Bertz CT molecular complexity index is 387. The Morgan fingerprint density at radius 3 is 2.82 bits per heavy atom. The molecule has 1 aromatic rings. The number of likely N-dealkylation sites (tertiary alicyclic amines) is 1. The summed E-state index contributed by atoms with van der Waals surface area (Å²) in [6, 6.07) is 7.15. The molecule has 1 aliphatic rings. The van der Waals surface area contributed by atoms with Crippen molar-refractivity contribution in [1.82, 2.24) is 4.90 Å². The van der Waals surface area contributed by atoms with Gasteiger partial charge in [-0.15, -0.1) is 0 Å². The van der Waals surface area contributed by atoms with Crippen LogP contribution in [0.3, 0.4) is 0 Å². The minimum absolute atomic E-state index is 0.686. The van der Waals surface area contributed by atoms with E-state index in [0.717, 1.165) is 18.2 Å². The van der Waals surface area contributed by atoms with E-state index in [2.05, 4.69) is 43.9 Å². The molecule has 17 heavy (non-hydrogen) atoms. The van der Waals surface area contributed by atoms with Crippen molar-refractivity contribution in [3.05, 3.63) is 29.3 Å². The number of rotatable bonds is 2. The first-order chi connectivity index (χ1) is 8.08. The summed E-state index contributed by atoms with van der Waals surface area (Å²) in [4.78, 5) is 2.58. The number of nitrogens with two attached hydrogens (primary N) is 1. The zero-order valence-corrected chi connectivity index (χ0v) is 11.2. The lowest BCUT2D eigenvalue weighted by Crippen LogP contribution is -2.41. The number of hydrogen-bond donors (Lipinski definition) is 1. The number of anilines is 1. The maximum atomic E-state index is 5.97. The first kappa shape index (κ1) is 12.4. The largest absolute Gasteiger partial charge is 0.399 e. The minimum Gasteiger partial charge on any atom is -0.399 e. The molecule has 1 saturated heterocycles. The molecule has 2 heteroatoms. The molecule has 2 nitrogen and oxygen atoms in total. The summed E-state index contributed by atoms with van der Waals surface area (Å²) >= 11 is 0. The summed E-state index contributed by atoms with van der Waals surface area (Å²) in [5.74, 6) is 0.812. The molecular weight excluding hydrogens is 208 g/mol. The number of aryl methyl sites for hydroxylation is 1.